The molecule has 0 spiro atoms. The molecule has 13 heavy (non-hydrogen) atoms. The van der Waals surface area contributed by atoms with E-state index in [1.54, 1.807) is 19.2 Å². The highest BCUT2D eigenvalue weighted by Crippen LogP contribution is 2.28. The fraction of sp³-hybridized carbons (Fsp3) is 0.400. The Morgan fingerprint density at radius 1 is 1.46 bits per heavy atom. The van der Waals surface area contributed by atoms with Crippen molar-refractivity contribution in [2.75, 3.05) is 11.5 Å². The van der Waals surface area contributed by atoms with Gasteiger partial charge in [0.05, 0.1) is 0 Å². The Labute approximate surface area is 91.4 Å². The van der Waals surface area contributed by atoms with Crippen LogP contribution in [0.4, 0.5) is 4.39 Å². The van der Waals surface area contributed by atoms with Crippen molar-refractivity contribution >= 4 is 22.6 Å². The van der Waals surface area contributed by atoms with E-state index in [2.05, 4.69) is 22.6 Å². The van der Waals surface area contributed by atoms with Crippen LogP contribution in [0.1, 0.15) is 12.5 Å². The van der Waals surface area contributed by atoms with Crippen LogP contribution in [-0.2, 0) is 10.3 Å². The Morgan fingerprint density at radius 2 is 2.08 bits per heavy atom. The first-order valence-corrected chi connectivity index (χ1v) is 5.53. The van der Waals surface area contributed by atoms with Crippen LogP contribution in [0.25, 0.3) is 0 Å². The Balaban J connectivity index is 3.12. The average Bonchev–Trinajstić information content (AvgIpc) is 2.17. The molecular formula is C10H12FIO. The molecule has 3 heteroatoms. The third-order valence-electron chi connectivity index (χ3n) is 2.15. The Kier molecular flexibility index (Phi) is 3.67. The molecule has 1 atom stereocenters. The van der Waals surface area contributed by atoms with Gasteiger partial charge in [0.2, 0.25) is 0 Å². The molecule has 0 bridgehead atoms. The van der Waals surface area contributed by atoms with Gasteiger partial charge in [0.15, 0.2) is 0 Å². The summed E-state index contributed by atoms with van der Waals surface area (Å²) in [4.78, 5) is 0. The molecule has 0 radical (unpaired) electrons. The number of alkyl halides is 1. The number of hydrogen-bond donors (Lipinski definition) is 0. The van der Waals surface area contributed by atoms with E-state index >= 15 is 0 Å². The molecule has 1 aromatic carbocycles. The molecule has 0 N–H and O–H groups in total. The van der Waals surface area contributed by atoms with Gasteiger partial charge < -0.3 is 4.74 Å². The van der Waals surface area contributed by atoms with Gasteiger partial charge in [0.1, 0.15) is 11.4 Å². The van der Waals surface area contributed by atoms with Crippen molar-refractivity contribution in [3.8, 4) is 0 Å². The molecule has 1 unspecified atom stereocenters. The van der Waals surface area contributed by atoms with Gasteiger partial charge in [-0.05, 0) is 13.0 Å². The first kappa shape index (κ1) is 10.9. The van der Waals surface area contributed by atoms with Crippen molar-refractivity contribution in [1.82, 2.24) is 0 Å². The standard InChI is InChI=1S/C10H12FIO/c1-10(7-12,13-2)8-5-3-4-6-9(8)11/h3-6H,7H2,1-2H3. The van der Waals surface area contributed by atoms with Gasteiger partial charge in [-0.25, -0.2) is 4.39 Å². The van der Waals surface area contributed by atoms with Gasteiger partial charge in [0, 0.05) is 17.1 Å². The molecule has 0 aliphatic heterocycles. The van der Waals surface area contributed by atoms with Gasteiger partial charge in [-0.15, -0.1) is 0 Å². The van der Waals surface area contributed by atoms with E-state index in [0.717, 1.165) is 4.43 Å². The molecule has 1 nitrogen and oxygen atoms in total. The SMILES string of the molecule is COC(C)(CI)c1ccccc1F. The van der Waals surface area contributed by atoms with E-state index in [1.807, 2.05) is 13.0 Å². The number of halogens is 2. The quantitative estimate of drug-likeness (QED) is 0.615. The lowest BCUT2D eigenvalue weighted by atomic mass is 9.98. The third-order valence-corrected chi connectivity index (χ3v) is 3.60. The molecule has 72 valence electrons. The second kappa shape index (κ2) is 4.37. The molecule has 0 heterocycles. The lowest BCUT2D eigenvalue weighted by molar-refractivity contribution is 0.0233. The predicted molar refractivity (Wildman–Crippen MR) is 59.6 cm³/mol. The predicted octanol–water partition coefficient (Wildman–Crippen LogP) is 3.12. The van der Waals surface area contributed by atoms with E-state index in [9.17, 15) is 4.39 Å². The van der Waals surface area contributed by atoms with Crippen LogP contribution in [-0.4, -0.2) is 11.5 Å². The summed E-state index contributed by atoms with van der Waals surface area (Å²) >= 11 is 2.19. The highest BCUT2D eigenvalue weighted by atomic mass is 127. The maximum Gasteiger partial charge on any atom is 0.129 e. The minimum atomic E-state index is -0.522. The number of ether oxygens (including phenoxy) is 1. The molecule has 0 amide bonds. The minimum Gasteiger partial charge on any atom is -0.373 e. The number of methoxy groups -OCH3 is 1. The second-order valence-electron chi connectivity index (χ2n) is 3.05. The summed E-state index contributed by atoms with van der Waals surface area (Å²) in [5, 5.41) is 0. The van der Waals surface area contributed by atoms with Gasteiger partial charge in [-0.1, -0.05) is 40.8 Å². The maximum absolute atomic E-state index is 13.4. The van der Waals surface area contributed by atoms with Gasteiger partial charge >= 0.3 is 0 Å². The van der Waals surface area contributed by atoms with Crippen LogP contribution in [0.5, 0.6) is 0 Å². The maximum atomic E-state index is 13.4. The first-order chi connectivity index (χ1) is 6.14. The molecule has 1 aromatic rings. The van der Waals surface area contributed by atoms with Crippen LogP contribution >= 0.6 is 22.6 Å². The summed E-state index contributed by atoms with van der Waals surface area (Å²) in [5.41, 5.74) is 0.0956. The highest BCUT2D eigenvalue weighted by molar-refractivity contribution is 14.1. The normalized spacial score (nSPS) is 15.4. The number of hydrogen-bond acceptors (Lipinski definition) is 1. The molecule has 0 aromatic heterocycles. The zero-order chi connectivity index (χ0) is 9.90. The Morgan fingerprint density at radius 3 is 2.54 bits per heavy atom. The van der Waals surface area contributed by atoms with Crippen molar-refractivity contribution < 1.29 is 9.13 Å². The fourth-order valence-electron chi connectivity index (χ4n) is 1.13. The van der Waals surface area contributed by atoms with Crippen LogP contribution in [0.3, 0.4) is 0 Å². The van der Waals surface area contributed by atoms with Crippen LogP contribution < -0.4 is 0 Å². The molecule has 0 saturated carbocycles. The summed E-state index contributed by atoms with van der Waals surface area (Å²) in [7, 11) is 1.60. The largest absolute Gasteiger partial charge is 0.373 e. The Bertz CT molecular complexity index is 284. The lowest BCUT2D eigenvalue weighted by Gasteiger charge is -2.26. The molecule has 0 fully saturated rings. The van der Waals surface area contributed by atoms with Crippen LogP contribution in [0.15, 0.2) is 24.3 Å². The van der Waals surface area contributed by atoms with E-state index in [4.69, 9.17) is 4.74 Å². The van der Waals surface area contributed by atoms with Crippen molar-refractivity contribution in [3.63, 3.8) is 0 Å². The van der Waals surface area contributed by atoms with E-state index in [1.165, 1.54) is 6.07 Å². The third kappa shape index (κ3) is 2.20. The summed E-state index contributed by atoms with van der Waals surface area (Å²) in [6.45, 7) is 1.89. The summed E-state index contributed by atoms with van der Waals surface area (Å²) in [5.74, 6) is -0.205. The molecule has 0 aliphatic rings. The molecule has 1 rings (SSSR count). The lowest BCUT2D eigenvalue weighted by Crippen LogP contribution is -2.27. The van der Waals surface area contributed by atoms with Crippen molar-refractivity contribution in [2.45, 2.75) is 12.5 Å². The monoisotopic (exact) mass is 294 g/mol. The summed E-state index contributed by atoms with van der Waals surface area (Å²) in [6.07, 6.45) is 0. The van der Waals surface area contributed by atoms with Gasteiger partial charge in [-0.2, -0.15) is 0 Å². The average molecular weight is 294 g/mol. The van der Waals surface area contributed by atoms with Crippen molar-refractivity contribution in [2.24, 2.45) is 0 Å². The zero-order valence-electron chi connectivity index (χ0n) is 7.68. The van der Waals surface area contributed by atoms with E-state index < -0.39 is 5.60 Å². The summed E-state index contributed by atoms with van der Waals surface area (Å²) < 4.78 is 19.4. The molecule has 0 saturated heterocycles. The van der Waals surface area contributed by atoms with Crippen LogP contribution in [0.2, 0.25) is 0 Å². The van der Waals surface area contributed by atoms with E-state index in [0.29, 0.717) is 5.56 Å². The van der Waals surface area contributed by atoms with E-state index in [-0.39, 0.29) is 5.82 Å². The van der Waals surface area contributed by atoms with Gasteiger partial charge in [-0.3, -0.25) is 0 Å². The smallest absolute Gasteiger partial charge is 0.129 e. The zero-order valence-corrected chi connectivity index (χ0v) is 9.84. The van der Waals surface area contributed by atoms with Gasteiger partial charge in [0.25, 0.3) is 0 Å². The highest BCUT2D eigenvalue weighted by Gasteiger charge is 2.27. The van der Waals surface area contributed by atoms with Crippen molar-refractivity contribution in [3.05, 3.63) is 35.6 Å². The Hall–Kier alpha value is -0.160. The van der Waals surface area contributed by atoms with Crippen molar-refractivity contribution in [1.29, 1.82) is 0 Å². The molecular weight excluding hydrogens is 282 g/mol. The second-order valence-corrected chi connectivity index (χ2v) is 3.81. The molecule has 0 aliphatic carbocycles. The fourth-order valence-corrected chi connectivity index (χ4v) is 1.85. The minimum absolute atomic E-state index is 0.205. The summed E-state index contributed by atoms with van der Waals surface area (Å²) in [6, 6.07) is 6.72. The number of rotatable bonds is 3. The number of benzene rings is 1. The van der Waals surface area contributed by atoms with Crippen LogP contribution in [0, 0.1) is 5.82 Å². The topological polar surface area (TPSA) is 9.23 Å². The first-order valence-electron chi connectivity index (χ1n) is 4.00.